The first-order valence-electron chi connectivity index (χ1n) is 9.09. The lowest BCUT2D eigenvalue weighted by atomic mass is 10.2. The number of aromatic nitrogens is 1. The van der Waals surface area contributed by atoms with E-state index < -0.39 is 0 Å². The van der Waals surface area contributed by atoms with Gasteiger partial charge in [-0.3, -0.25) is 14.6 Å². The van der Waals surface area contributed by atoms with Gasteiger partial charge in [-0.05, 0) is 12.5 Å². The third-order valence-corrected chi connectivity index (χ3v) is 5.09. The minimum Gasteiger partial charge on any atom is -0.503 e. The Labute approximate surface area is 154 Å². The molecular formula is C21H27N3O2. The molecule has 0 saturated carbocycles. The number of hydrogen-bond acceptors (Lipinski definition) is 4. The molecule has 5 heteroatoms. The van der Waals surface area contributed by atoms with Crippen molar-refractivity contribution in [3.8, 4) is 5.75 Å². The van der Waals surface area contributed by atoms with Crippen LogP contribution in [0.5, 0.6) is 5.75 Å². The molecule has 1 fully saturated rings. The van der Waals surface area contributed by atoms with Gasteiger partial charge in [0.1, 0.15) is 0 Å². The summed E-state index contributed by atoms with van der Waals surface area (Å²) >= 11 is 0. The van der Waals surface area contributed by atoms with E-state index in [1.807, 2.05) is 36.7 Å². The summed E-state index contributed by atoms with van der Waals surface area (Å²) in [5.41, 5.74) is 2.50. The number of hydrogen-bond donors (Lipinski definition) is 1. The van der Waals surface area contributed by atoms with E-state index in [4.69, 9.17) is 0 Å². The minimum absolute atomic E-state index is 0.119. The van der Waals surface area contributed by atoms with Crippen molar-refractivity contribution in [3.63, 3.8) is 0 Å². The standard InChI is InChI=1S/C21H27N3O2/c1-17-15-20(25)21(26)19(22(17)2)16-24-13-11-23(12-14-24)10-6-9-18-7-4-3-5-8-18/h3-9,15,26H,10-14,16H2,1-2H3. The van der Waals surface area contributed by atoms with E-state index in [1.54, 1.807) is 0 Å². The van der Waals surface area contributed by atoms with E-state index >= 15 is 0 Å². The molecule has 1 aliphatic heterocycles. The predicted octanol–water partition coefficient (Wildman–Crippen LogP) is 2.23. The van der Waals surface area contributed by atoms with Gasteiger partial charge in [-0.2, -0.15) is 0 Å². The monoisotopic (exact) mass is 353 g/mol. The molecule has 0 unspecified atom stereocenters. The molecule has 0 aliphatic carbocycles. The number of nitrogens with zero attached hydrogens (tertiary/aromatic N) is 3. The topological polar surface area (TPSA) is 48.7 Å². The number of aromatic hydroxyl groups is 1. The number of pyridine rings is 1. The summed E-state index contributed by atoms with van der Waals surface area (Å²) < 4.78 is 1.91. The van der Waals surface area contributed by atoms with Crippen LogP contribution in [-0.2, 0) is 13.6 Å². The highest BCUT2D eigenvalue weighted by Crippen LogP contribution is 2.16. The average Bonchev–Trinajstić information content (AvgIpc) is 2.66. The molecule has 0 spiro atoms. The molecule has 3 rings (SSSR count). The molecule has 0 atom stereocenters. The molecule has 2 heterocycles. The van der Waals surface area contributed by atoms with Crippen LogP contribution >= 0.6 is 0 Å². The van der Waals surface area contributed by atoms with Gasteiger partial charge >= 0.3 is 0 Å². The van der Waals surface area contributed by atoms with E-state index in [-0.39, 0.29) is 11.2 Å². The number of rotatable bonds is 5. The lowest BCUT2D eigenvalue weighted by Crippen LogP contribution is -2.46. The molecule has 26 heavy (non-hydrogen) atoms. The molecule has 1 N–H and O–H groups in total. The van der Waals surface area contributed by atoms with Gasteiger partial charge in [-0.25, -0.2) is 0 Å². The number of aryl methyl sites for hydroxylation is 1. The van der Waals surface area contributed by atoms with Crippen LogP contribution in [-0.4, -0.2) is 52.2 Å². The van der Waals surface area contributed by atoms with Crippen LogP contribution in [0.1, 0.15) is 17.0 Å². The van der Waals surface area contributed by atoms with E-state index in [2.05, 4.69) is 34.1 Å². The zero-order chi connectivity index (χ0) is 18.5. The Hall–Kier alpha value is -2.37. The normalized spacial score (nSPS) is 16.4. The maximum atomic E-state index is 11.8. The van der Waals surface area contributed by atoms with Gasteiger partial charge in [0.15, 0.2) is 5.75 Å². The Bertz CT molecular complexity index is 819. The molecule has 0 radical (unpaired) electrons. The van der Waals surface area contributed by atoms with Gasteiger partial charge in [0.05, 0.1) is 5.69 Å². The fraction of sp³-hybridized carbons (Fsp3) is 0.381. The third kappa shape index (κ3) is 4.42. The third-order valence-electron chi connectivity index (χ3n) is 5.09. The molecule has 1 aliphatic rings. The summed E-state index contributed by atoms with van der Waals surface area (Å²) in [6, 6.07) is 11.8. The quantitative estimate of drug-likeness (QED) is 0.896. The Morgan fingerprint density at radius 3 is 2.42 bits per heavy atom. The van der Waals surface area contributed by atoms with E-state index in [0.29, 0.717) is 12.2 Å². The van der Waals surface area contributed by atoms with Gasteiger partial charge in [0.25, 0.3) is 0 Å². The van der Waals surface area contributed by atoms with E-state index in [9.17, 15) is 9.90 Å². The largest absolute Gasteiger partial charge is 0.503 e. The lowest BCUT2D eigenvalue weighted by molar-refractivity contribution is 0.133. The summed E-state index contributed by atoms with van der Waals surface area (Å²) in [5.74, 6) is -0.119. The van der Waals surface area contributed by atoms with E-state index in [1.165, 1.54) is 11.6 Å². The van der Waals surface area contributed by atoms with Crippen LogP contribution < -0.4 is 5.43 Å². The molecule has 5 nitrogen and oxygen atoms in total. The second kappa shape index (κ2) is 8.34. The summed E-state index contributed by atoms with van der Waals surface area (Å²) in [7, 11) is 1.90. The first kappa shape index (κ1) is 18.4. The lowest BCUT2D eigenvalue weighted by Gasteiger charge is -2.34. The number of piperazine rings is 1. The highest BCUT2D eigenvalue weighted by molar-refractivity contribution is 5.48. The molecule has 0 amide bonds. The zero-order valence-electron chi connectivity index (χ0n) is 15.6. The first-order valence-corrected chi connectivity index (χ1v) is 9.09. The van der Waals surface area contributed by atoms with Crippen molar-refractivity contribution in [2.45, 2.75) is 13.5 Å². The summed E-state index contributed by atoms with van der Waals surface area (Å²) in [4.78, 5) is 16.6. The number of benzene rings is 1. The zero-order valence-corrected chi connectivity index (χ0v) is 15.6. The fourth-order valence-electron chi connectivity index (χ4n) is 3.29. The van der Waals surface area contributed by atoms with Crippen molar-refractivity contribution in [1.29, 1.82) is 0 Å². The molecule has 1 saturated heterocycles. The molecular weight excluding hydrogens is 326 g/mol. The second-order valence-electron chi connectivity index (χ2n) is 6.89. The molecule has 1 aromatic heterocycles. The maximum Gasteiger partial charge on any atom is 0.223 e. The Kier molecular flexibility index (Phi) is 5.91. The van der Waals surface area contributed by atoms with Gasteiger partial charge in [-0.1, -0.05) is 42.5 Å². The first-order chi connectivity index (χ1) is 12.5. The van der Waals surface area contributed by atoms with Gasteiger partial charge in [0, 0.05) is 58.1 Å². The van der Waals surface area contributed by atoms with Crippen LogP contribution in [0.15, 0.2) is 47.3 Å². The van der Waals surface area contributed by atoms with Crippen molar-refractivity contribution >= 4 is 6.08 Å². The summed E-state index contributed by atoms with van der Waals surface area (Å²) in [6.45, 7) is 7.27. The Morgan fingerprint density at radius 1 is 1.08 bits per heavy atom. The highest BCUT2D eigenvalue weighted by atomic mass is 16.3. The maximum absolute atomic E-state index is 11.8. The van der Waals surface area contributed by atoms with Gasteiger partial charge < -0.3 is 9.67 Å². The fourth-order valence-corrected chi connectivity index (χ4v) is 3.29. The van der Waals surface area contributed by atoms with Crippen molar-refractivity contribution < 1.29 is 5.11 Å². The summed E-state index contributed by atoms with van der Waals surface area (Å²) in [6.07, 6.45) is 4.37. The Balaban J connectivity index is 1.53. The second-order valence-corrected chi connectivity index (χ2v) is 6.89. The smallest absolute Gasteiger partial charge is 0.223 e. The van der Waals surface area contributed by atoms with Crippen molar-refractivity contribution in [3.05, 3.63) is 69.6 Å². The van der Waals surface area contributed by atoms with Crippen LogP contribution in [0.2, 0.25) is 0 Å². The summed E-state index contributed by atoms with van der Waals surface area (Å²) in [5, 5.41) is 10.1. The molecule has 2 aromatic rings. The van der Waals surface area contributed by atoms with Crippen molar-refractivity contribution in [1.82, 2.24) is 14.4 Å². The average molecular weight is 353 g/mol. The van der Waals surface area contributed by atoms with Crippen LogP contribution in [0.25, 0.3) is 6.08 Å². The van der Waals surface area contributed by atoms with Crippen molar-refractivity contribution in [2.75, 3.05) is 32.7 Å². The molecule has 1 aromatic carbocycles. The Morgan fingerprint density at radius 2 is 1.73 bits per heavy atom. The van der Waals surface area contributed by atoms with E-state index in [0.717, 1.165) is 38.4 Å². The minimum atomic E-state index is -0.291. The van der Waals surface area contributed by atoms with Crippen LogP contribution in [0.4, 0.5) is 0 Å². The molecule has 138 valence electrons. The van der Waals surface area contributed by atoms with Gasteiger partial charge in [0.2, 0.25) is 5.43 Å². The predicted molar refractivity (Wildman–Crippen MR) is 105 cm³/mol. The van der Waals surface area contributed by atoms with Crippen LogP contribution in [0.3, 0.4) is 0 Å². The van der Waals surface area contributed by atoms with Crippen molar-refractivity contribution in [2.24, 2.45) is 7.05 Å². The van der Waals surface area contributed by atoms with Crippen LogP contribution in [0, 0.1) is 6.92 Å². The van der Waals surface area contributed by atoms with Gasteiger partial charge in [-0.15, -0.1) is 0 Å². The highest BCUT2D eigenvalue weighted by Gasteiger charge is 2.19. The SMILES string of the molecule is Cc1cc(=O)c(O)c(CN2CCN(CC=Cc3ccccc3)CC2)n1C. The molecule has 0 bridgehead atoms.